The second-order valence-electron chi connectivity index (χ2n) is 8.93. The van der Waals surface area contributed by atoms with Crippen molar-refractivity contribution in [1.29, 1.82) is 0 Å². The van der Waals surface area contributed by atoms with Gasteiger partial charge in [0.25, 0.3) is 5.91 Å². The number of unbranched alkanes of at least 4 members (excludes halogenated alkanes) is 1. The first kappa shape index (κ1) is 21.2. The summed E-state index contributed by atoms with van der Waals surface area (Å²) < 4.78 is 5.39. The predicted octanol–water partition coefficient (Wildman–Crippen LogP) is 8.06. The molecule has 3 nitrogen and oxygen atoms in total. The number of aromatic nitrogens is 1. The Morgan fingerprint density at radius 2 is 1.81 bits per heavy atom. The molecule has 0 saturated carbocycles. The van der Waals surface area contributed by atoms with E-state index in [-0.39, 0.29) is 5.91 Å². The summed E-state index contributed by atoms with van der Waals surface area (Å²) in [6.07, 6.45) is 5.09. The van der Waals surface area contributed by atoms with E-state index < -0.39 is 0 Å². The number of rotatable bonds is 7. The molecular formula is C25H30N2OS3. The van der Waals surface area contributed by atoms with Crippen LogP contribution in [0.5, 0.6) is 0 Å². The average molecular weight is 471 g/mol. The summed E-state index contributed by atoms with van der Waals surface area (Å²) in [5.74, 6) is 0.892. The molecule has 5 rings (SSSR count). The highest BCUT2D eigenvalue weighted by molar-refractivity contribution is 7.30. The average Bonchev–Trinajstić information content (AvgIpc) is 3.51. The molecule has 1 atom stereocenters. The lowest BCUT2D eigenvalue weighted by molar-refractivity contribution is 0.0817. The monoisotopic (exact) mass is 470 g/mol. The lowest BCUT2D eigenvalue weighted by Crippen LogP contribution is -2.18. The maximum Gasteiger partial charge on any atom is 0.255 e. The number of hydrogen-bond donors (Lipinski definition) is 0. The third-order valence-corrected chi connectivity index (χ3v) is 10.4. The Morgan fingerprint density at radius 1 is 1.06 bits per heavy atom. The Balaban J connectivity index is 1.64. The molecule has 31 heavy (non-hydrogen) atoms. The number of thiophene rings is 3. The van der Waals surface area contributed by atoms with Crippen molar-refractivity contribution >= 4 is 60.4 Å². The number of amides is 1. The van der Waals surface area contributed by atoms with Gasteiger partial charge in [0.05, 0.1) is 30.9 Å². The molecular weight excluding hydrogens is 440 g/mol. The first-order chi connectivity index (χ1) is 14.9. The van der Waals surface area contributed by atoms with Gasteiger partial charge in [-0.05, 0) is 43.9 Å². The Kier molecular flexibility index (Phi) is 5.51. The van der Waals surface area contributed by atoms with Gasteiger partial charge in [0.1, 0.15) is 0 Å². The molecule has 0 saturated heterocycles. The van der Waals surface area contributed by atoms with Gasteiger partial charge >= 0.3 is 0 Å². The lowest BCUT2D eigenvalue weighted by atomic mass is 9.99. The van der Waals surface area contributed by atoms with Crippen molar-refractivity contribution in [2.24, 2.45) is 5.92 Å². The zero-order valence-electron chi connectivity index (χ0n) is 19.0. The fourth-order valence-electron chi connectivity index (χ4n) is 4.89. The van der Waals surface area contributed by atoms with Gasteiger partial charge < -0.3 is 9.47 Å². The summed E-state index contributed by atoms with van der Waals surface area (Å²) in [6.45, 7) is 10.8. The summed E-state index contributed by atoms with van der Waals surface area (Å²) in [6, 6.07) is 4.73. The van der Waals surface area contributed by atoms with Crippen LogP contribution in [-0.2, 0) is 13.1 Å². The number of carbonyl (C=O) groups is 1. The van der Waals surface area contributed by atoms with Crippen molar-refractivity contribution in [3.05, 3.63) is 33.0 Å². The van der Waals surface area contributed by atoms with Gasteiger partial charge in [-0.1, -0.05) is 33.1 Å². The molecule has 5 heterocycles. The molecule has 1 unspecified atom stereocenters. The minimum Gasteiger partial charge on any atom is -0.339 e. The number of aryl methyl sites for hydroxylation is 2. The highest BCUT2D eigenvalue weighted by atomic mass is 32.1. The van der Waals surface area contributed by atoms with E-state index in [2.05, 4.69) is 44.4 Å². The van der Waals surface area contributed by atoms with Gasteiger partial charge in [0, 0.05) is 34.8 Å². The quantitative estimate of drug-likeness (QED) is 0.268. The van der Waals surface area contributed by atoms with Gasteiger partial charge in [0.2, 0.25) is 0 Å². The normalized spacial score (nSPS) is 15.0. The van der Waals surface area contributed by atoms with Crippen LogP contribution >= 0.6 is 34.0 Å². The minimum atomic E-state index is 0.179. The molecule has 4 aromatic rings. The van der Waals surface area contributed by atoms with Crippen molar-refractivity contribution in [1.82, 2.24) is 9.47 Å². The maximum atomic E-state index is 12.9. The summed E-state index contributed by atoms with van der Waals surface area (Å²) in [5.41, 5.74) is 4.94. The van der Waals surface area contributed by atoms with E-state index in [1.54, 1.807) is 11.3 Å². The zero-order valence-corrected chi connectivity index (χ0v) is 21.5. The third-order valence-electron chi connectivity index (χ3n) is 6.71. The molecule has 1 amide bonds. The van der Waals surface area contributed by atoms with Crippen molar-refractivity contribution < 1.29 is 4.79 Å². The number of carbonyl (C=O) groups excluding carboxylic acids is 1. The second kappa shape index (κ2) is 8.05. The van der Waals surface area contributed by atoms with Crippen molar-refractivity contribution in [2.45, 2.75) is 66.5 Å². The summed E-state index contributed by atoms with van der Waals surface area (Å²) in [5, 5.41) is 0. The Morgan fingerprint density at radius 3 is 2.55 bits per heavy atom. The molecule has 164 valence electrons. The van der Waals surface area contributed by atoms with Crippen molar-refractivity contribution in [3.8, 4) is 9.75 Å². The van der Waals surface area contributed by atoms with E-state index in [0.717, 1.165) is 18.7 Å². The van der Waals surface area contributed by atoms with Crippen LogP contribution in [0.2, 0.25) is 0 Å². The van der Waals surface area contributed by atoms with E-state index in [1.165, 1.54) is 71.2 Å². The molecule has 6 heteroatoms. The maximum absolute atomic E-state index is 12.9. The third kappa shape index (κ3) is 3.38. The van der Waals surface area contributed by atoms with Gasteiger partial charge in [-0.3, -0.25) is 4.79 Å². The molecule has 0 fully saturated rings. The van der Waals surface area contributed by atoms with Gasteiger partial charge in [-0.15, -0.1) is 34.0 Å². The smallest absolute Gasteiger partial charge is 0.255 e. The molecule has 4 aromatic heterocycles. The molecule has 0 aromatic carbocycles. The SMILES string of the molecule is CCCCC(CC)Cn1c2cc(C)sc2c2sc(-c3sc(C)c4c3C(=O)N(C)C4)cc21. The Hall–Kier alpha value is -1.63. The first-order valence-electron chi connectivity index (χ1n) is 11.3. The highest BCUT2D eigenvalue weighted by Gasteiger charge is 2.33. The van der Waals surface area contributed by atoms with E-state index in [9.17, 15) is 4.79 Å². The van der Waals surface area contributed by atoms with E-state index in [0.29, 0.717) is 5.92 Å². The summed E-state index contributed by atoms with van der Waals surface area (Å²) in [7, 11) is 1.91. The van der Waals surface area contributed by atoms with Crippen LogP contribution in [0.15, 0.2) is 12.1 Å². The van der Waals surface area contributed by atoms with Gasteiger partial charge in [-0.25, -0.2) is 0 Å². The van der Waals surface area contributed by atoms with Crippen LogP contribution in [0.3, 0.4) is 0 Å². The Bertz CT molecular complexity index is 1290. The van der Waals surface area contributed by atoms with E-state index in [1.807, 2.05) is 34.6 Å². The molecule has 0 aliphatic carbocycles. The first-order valence-corrected chi connectivity index (χ1v) is 13.8. The van der Waals surface area contributed by atoms with Gasteiger partial charge in [-0.2, -0.15) is 0 Å². The van der Waals surface area contributed by atoms with Crippen LogP contribution in [0, 0.1) is 19.8 Å². The topological polar surface area (TPSA) is 25.2 Å². The van der Waals surface area contributed by atoms with Crippen LogP contribution in [0.4, 0.5) is 0 Å². The van der Waals surface area contributed by atoms with Crippen LogP contribution < -0.4 is 0 Å². The largest absolute Gasteiger partial charge is 0.339 e. The molecule has 1 aliphatic heterocycles. The van der Waals surface area contributed by atoms with Crippen molar-refractivity contribution in [2.75, 3.05) is 7.05 Å². The number of nitrogens with zero attached hydrogens (tertiary/aromatic N) is 2. The van der Waals surface area contributed by atoms with E-state index in [4.69, 9.17) is 0 Å². The number of hydrogen-bond acceptors (Lipinski definition) is 4. The highest BCUT2D eigenvalue weighted by Crippen LogP contribution is 2.48. The predicted molar refractivity (Wildman–Crippen MR) is 137 cm³/mol. The standard InChI is InChI=1S/C25H30N2OS3/c1-6-8-9-16(7-2)12-27-18-10-14(3)29-22(18)23-19(27)11-20(31-23)24-21-17(15(4)30-24)13-26(5)25(21)28/h10-11,16H,6-9,12-13H2,1-5H3. The number of fused-ring (bicyclic) bond motifs is 4. The molecule has 0 radical (unpaired) electrons. The molecule has 0 bridgehead atoms. The molecule has 0 spiro atoms. The fraction of sp³-hybridized carbons (Fsp3) is 0.480. The van der Waals surface area contributed by atoms with E-state index >= 15 is 0 Å². The second-order valence-corrected chi connectivity index (χ2v) is 12.5. The minimum absolute atomic E-state index is 0.179. The molecule has 0 N–H and O–H groups in total. The van der Waals surface area contributed by atoms with Crippen LogP contribution in [0.1, 0.15) is 65.2 Å². The van der Waals surface area contributed by atoms with Crippen molar-refractivity contribution in [3.63, 3.8) is 0 Å². The summed E-state index contributed by atoms with van der Waals surface area (Å²) >= 11 is 5.59. The van der Waals surface area contributed by atoms with Crippen LogP contribution in [0.25, 0.3) is 30.2 Å². The summed E-state index contributed by atoms with van der Waals surface area (Å²) in [4.78, 5) is 19.8. The lowest BCUT2D eigenvalue weighted by Gasteiger charge is -2.16. The zero-order chi connectivity index (χ0) is 21.9. The molecule has 1 aliphatic rings. The van der Waals surface area contributed by atoms with Crippen LogP contribution in [-0.4, -0.2) is 22.4 Å². The van der Waals surface area contributed by atoms with Gasteiger partial charge in [0.15, 0.2) is 0 Å². The Labute approximate surface area is 196 Å². The fourth-order valence-corrected chi connectivity index (χ4v) is 8.48.